The van der Waals surface area contributed by atoms with Crippen molar-refractivity contribution in [3.8, 4) is 0 Å². The zero-order valence-electron chi connectivity index (χ0n) is 9.06. The van der Waals surface area contributed by atoms with Gasteiger partial charge in [0, 0.05) is 12.2 Å². The van der Waals surface area contributed by atoms with Gasteiger partial charge in [-0.15, -0.1) is 0 Å². The topological polar surface area (TPSA) is 64.0 Å². The van der Waals surface area contributed by atoms with E-state index in [0.717, 1.165) is 12.8 Å². The van der Waals surface area contributed by atoms with Crippen LogP contribution < -0.4 is 5.32 Å². The third-order valence-corrected chi connectivity index (χ3v) is 2.81. The van der Waals surface area contributed by atoms with E-state index in [1.54, 1.807) is 12.3 Å². The number of hydrogen-bond acceptors (Lipinski definition) is 3. The fourth-order valence-corrected chi connectivity index (χ4v) is 2.02. The largest absolute Gasteiger partial charge is 0.352 e. The molecule has 1 fully saturated rings. The van der Waals surface area contributed by atoms with E-state index in [1.165, 1.54) is 17.5 Å². The van der Waals surface area contributed by atoms with Gasteiger partial charge in [0.1, 0.15) is 12.2 Å². The second-order valence-corrected chi connectivity index (χ2v) is 4.10. The molecule has 0 unspecified atom stereocenters. The maximum Gasteiger partial charge on any atom is 0.241 e. The van der Waals surface area contributed by atoms with Crippen molar-refractivity contribution < 1.29 is 9.59 Å². The smallest absolute Gasteiger partial charge is 0.241 e. The van der Waals surface area contributed by atoms with Crippen LogP contribution in [0, 0.1) is 0 Å². The number of aldehydes is 1. The van der Waals surface area contributed by atoms with Gasteiger partial charge in [-0.05, 0) is 18.9 Å². The molecular weight excluding hydrogens is 206 g/mol. The summed E-state index contributed by atoms with van der Waals surface area (Å²) in [7, 11) is 0. The van der Waals surface area contributed by atoms with Crippen LogP contribution in [-0.4, -0.2) is 28.0 Å². The van der Waals surface area contributed by atoms with Crippen LogP contribution in [0.1, 0.15) is 36.2 Å². The summed E-state index contributed by atoms with van der Waals surface area (Å²) < 4.78 is 1.48. The molecule has 0 aliphatic heterocycles. The van der Waals surface area contributed by atoms with Crippen molar-refractivity contribution in [2.24, 2.45) is 0 Å². The van der Waals surface area contributed by atoms with E-state index in [9.17, 15) is 9.59 Å². The monoisotopic (exact) mass is 221 g/mol. The van der Waals surface area contributed by atoms with Crippen molar-refractivity contribution in [3.63, 3.8) is 0 Å². The zero-order valence-corrected chi connectivity index (χ0v) is 9.06. The van der Waals surface area contributed by atoms with Gasteiger partial charge in [0.05, 0.1) is 0 Å². The number of carbonyl (C=O) groups excluding carboxylic acids is 2. The first-order valence-corrected chi connectivity index (χ1v) is 5.56. The predicted molar refractivity (Wildman–Crippen MR) is 58.0 cm³/mol. The third kappa shape index (κ3) is 2.68. The minimum absolute atomic E-state index is 0.0348. The number of nitrogens with one attached hydrogen (secondary N) is 1. The highest BCUT2D eigenvalue weighted by atomic mass is 16.2. The summed E-state index contributed by atoms with van der Waals surface area (Å²) in [6.07, 6.45) is 6.85. The third-order valence-electron chi connectivity index (χ3n) is 2.81. The first-order chi connectivity index (χ1) is 7.78. The molecule has 0 spiro atoms. The summed E-state index contributed by atoms with van der Waals surface area (Å²) in [5.41, 5.74) is 0.355. The van der Waals surface area contributed by atoms with Gasteiger partial charge in [-0.2, -0.15) is 5.10 Å². The molecule has 1 aliphatic rings. The molecular formula is C11H15N3O2. The normalized spacial score (nSPS) is 16.2. The number of carbonyl (C=O) groups is 2. The molecule has 0 radical (unpaired) electrons. The minimum Gasteiger partial charge on any atom is -0.352 e. The van der Waals surface area contributed by atoms with Gasteiger partial charge in [-0.3, -0.25) is 14.3 Å². The van der Waals surface area contributed by atoms with E-state index in [-0.39, 0.29) is 12.5 Å². The fraction of sp³-hybridized carbons (Fsp3) is 0.545. The molecule has 2 rings (SSSR count). The molecule has 1 aliphatic carbocycles. The van der Waals surface area contributed by atoms with Crippen molar-refractivity contribution in [3.05, 3.63) is 18.0 Å². The molecule has 0 atom stereocenters. The first-order valence-electron chi connectivity index (χ1n) is 5.56. The molecule has 86 valence electrons. The molecule has 5 nitrogen and oxygen atoms in total. The van der Waals surface area contributed by atoms with Gasteiger partial charge >= 0.3 is 0 Å². The first kappa shape index (κ1) is 10.9. The molecule has 16 heavy (non-hydrogen) atoms. The molecule has 1 aromatic heterocycles. The Kier molecular flexibility index (Phi) is 3.34. The highest BCUT2D eigenvalue weighted by Crippen LogP contribution is 2.17. The maximum absolute atomic E-state index is 11.6. The van der Waals surface area contributed by atoms with Gasteiger partial charge < -0.3 is 5.32 Å². The van der Waals surface area contributed by atoms with Crippen LogP contribution in [0.2, 0.25) is 0 Å². The summed E-state index contributed by atoms with van der Waals surface area (Å²) in [4.78, 5) is 22.0. The standard InChI is InChI=1S/C11H15N3O2/c15-8-10-5-6-14(13-10)7-11(16)12-9-3-1-2-4-9/h5-6,8-9H,1-4,7H2,(H,12,16). The summed E-state index contributed by atoms with van der Waals surface area (Å²) in [6, 6.07) is 1.92. The number of nitrogens with zero attached hydrogens (tertiary/aromatic N) is 2. The fourth-order valence-electron chi connectivity index (χ4n) is 2.02. The second-order valence-electron chi connectivity index (χ2n) is 4.10. The zero-order chi connectivity index (χ0) is 11.4. The van der Waals surface area contributed by atoms with Crippen LogP contribution in [-0.2, 0) is 11.3 Å². The van der Waals surface area contributed by atoms with Crippen molar-refractivity contribution in [1.82, 2.24) is 15.1 Å². The Balaban J connectivity index is 1.84. The average Bonchev–Trinajstić information content (AvgIpc) is 2.89. The van der Waals surface area contributed by atoms with E-state index < -0.39 is 0 Å². The van der Waals surface area contributed by atoms with E-state index in [2.05, 4.69) is 10.4 Å². The van der Waals surface area contributed by atoms with E-state index in [0.29, 0.717) is 18.0 Å². The molecule has 5 heteroatoms. The lowest BCUT2D eigenvalue weighted by atomic mass is 10.2. The molecule has 1 aromatic rings. The second kappa shape index (κ2) is 4.92. The van der Waals surface area contributed by atoms with Crippen molar-refractivity contribution in [2.45, 2.75) is 38.3 Å². The molecule has 1 N–H and O–H groups in total. The molecule has 0 aromatic carbocycles. The highest BCUT2D eigenvalue weighted by Gasteiger charge is 2.17. The van der Waals surface area contributed by atoms with E-state index >= 15 is 0 Å². The maximum atomic E-state index is 11.6. The van der Waals surface area contributed by atoms with Crippen molar-refractivity contribution >= 4 is 12.2 Å². The van der Waals surface area contributed by atoms with E-state index in [1.807, 2.05) is 0 Å². The Bertz CT molecular complexity index is 380. The van der Waals surface area contributed by atoms with Gasteiger partial charge in [0.2, 0.25) is 5.91 Å². The van der Waals surface area contributed by atoms with Crippen LogP contribution in [0.25, 0.3) is 0 Å². The number of rotatable bonds is 4. The number of hydrogen-bond donors (Lipinski definition) is 1. The molecule has 1 amide bonds. The van der Waals surface area contributed by atoms with Crippen LogP contribution in [0.15, 0.2) is 12.3 Å². The minimum atomic E-state index is -0.0348. The summed E-state index contributed by atoms with van der Waals surface area (Å²) in [5, 5.41) is 6.90. The lowest BCUT2D eigenvalue weighted by Gasteiger charge is -2.11. The summed E-state index contributed by atoms with van der Waals surface area (Å²) in [5.74, 6) is -0.0348. The van der Waals surface area contributed by atoms with Crippen LogP contribution in [0.5, 0.6) is 0 Å². The quantitative estimate of drug-likeness (QED) is 0.763. The Morgan fingerprint density at radius 1 is 1.56 bits per heavy atom. The molecule has 1 saturated carbocycles. The Morgan fingerprint density at radius 3 is 2.94 bits per heavy atom. The Labute approximate surface area is 93.8 Å². The van der Waals surface area contributed by atoms with Crippen LogP contribution in [0.4, 0.5) is 0 Å². The van der Waals surface area contributed by atoms with Crippen LogP contribution in [0.3, 0.4) is 0 Å². The lowest BCUT2D eigenvalue weighted by molar-refractivity contribution is -0.122. The molecule has 0 saturated heterocycles. The van der Waals surface area contributed by atoms with Crippen molar-refractivity contribution in [1.29, 1.82) is 0 Å². The Morgan fingerprint density at radius 2 is 2.31 bits per heavy atom. The lowest BCUT2D eigenvalue weighted by Crippen LogP contribution is -2.35. The molecule has 0 bridgehead atoms. The highest BCUT2D eigenvalue weighted by molar-refractivity contribution is 5.76. The predicted octanol–water partition coefficient (Wildman–Crippen LogP) is 0.754. The summed E-state index contributed by atoms with van der Waals surface area (Å²) in [6.45, 7) is 0.185. The van der Waals surface area contributed by atoms with E-state index in [4.69, 9.17) is 0 Å². The number of amides is 1. The summed E-state index contributed by atoms with van der Waals surface area (Å²) >= 11 is 0. The Hall–Kier alpha value is -1.65. The van der Waals surface area contributed by atoms with Gasteiger partial charge in [0.25, 0.3) is 0 Å². The average molecular weight is 221 g/mol. The van der Waals surface area contributed by atoms with Gasteiger partial charge in [-0.1, -0.05) is 12.8 Å². The SMILES string of the molecule is O=Cc1ccn(CC(=O)NC2CCCC2)n1. The number of aromatic nitrogens is 2. The van der Waals surface area contributed by atoms with Crippen molar-refractivity contribution in [2.75, 3.05) is 0 Å². The van der Waals surface area contributed by atoms with Gasteiger partial charge in [0.15, 0.2) is 6.29 Å². The van der Waals surface area contributed by atoms with Crippen LogP contribution >= 0.6 is 0 Å². The van der Waals surface area contributed by atoms with Gasteiger partial charge in [-0.25, -0.2) is 0 Å². The molecule has 1 heterocycles.